The maximum absolute atomic E-state index is 13.4. The Morgan fingerprint density at radius 3 is 3.08 bits per heavy atom. The molecule has 1 N–H and O–H groups in total. The number of carbonyl (C=O) groups excluding carboxylic acids is 1. The number of nitrogens with zero attached hydrogens (tertiary/aromatic N) is 1. The third kappa shape index (κ3) is 1.12. The Balaban J connectivity index is 1.69. The van der Waals surface area contributed by atoms with Gasteiger partial charge in [-0.2, -0.15) is 0 Å². The second-order valence-electron chi connectivity index (χ2n) is 8.40. The zero-order valence-electron chi connectivity index (χ0n) is 13.9. The van der Waals surface area contributed by atoms with Crippen LogP contribution < -0.4 is 5.32 Å². The molecule has 6 rings (SSSR count). The van der Waals surface area contributed by atoms with E-state index in [0.29, 0.717) is 17.9 Å². The number of rotatable bonds is 1. The number of hydrogen-bond acceptors (Lipinski definition) is 3. The minimum atomic E-state index is -0.554. The van der Waals surface area contributed by atoms with E-state index in [2.05, 4.69) is 42.1 Å². The second kappa shape index (κ2) is 3.94. The van der Waals surface area contributed by atoms with Gasteiger partial charge in [0.05, 0.1) is 12.7 Å². The molecule has 7 atom stereocenters. The summed E-state index contributed by atoms with van der Waals surface area (Å²) >= 11 is 0. The number of fused-ring (bicyclic) bond motifs is 5. The van der Waals surface area contributed by atoms with E-state index < -0.39 is 5.41 Å². The first-order valence-corrected chi connectivity index (χ1v) is 9.01. The van der Waals surface area contributed by atoms with Crippen molar-refractivity contribution in [3.63, 3.8) is 0 Å². The predicted molar refractivity (Wildman–Crippen MR) is 90.6 cm³/mol. The quantitative estimate of drug-likeness (QED) is 0.805. The van der Waals surface area contributed by atoms with Gasteiger partial charge in [-0.3, -0.25) is 4.79 Å². The molecule has 2 saturated carbocycles. The number of piperidine rings is 1. The Morgan fingerprint density at radius 1 is 1.42 bits per heavy atom. The van der Waals surface area contributed by atoms with E-state index in [1.165, 1.54) is 0 Å². The average Bonchev–Trinajstić information content (AvgIpc) is 3.08. The van der Waals surface area contributed by atoms with Crippen LogP contribution in [0.2, 0.25) is 0 Å². The molecule has 5 bridgehead atoms. The predicted octanol–water partition coefficient (Wildman–Crippen LogP) is 2.03. The van der Waals surface area contributed by atoms with Crippen molar-refractivity contribution < 1.29 is 9.53 Å². The molecule has 124 valence electrons. The summed E-state index contributed by atoms with van der Waals surface area (Å²) in [5, 5.41) is 3.18. The highest BCUT2D eigenvalue weighted by molar-refractivity contribution is 6.07. The van der Waals surface area contributed by atoms with Gasteiger partial charge in [-0.05, 0) is 31.0 Å². The molecule has 0 aromatic heterocycles. The number of benzene rings is 1. The Morgan fingerprint density at radius 2 is 2.25 bits per heavy atom. The summed E-state index contributed by atoms with van der Waals surface area (Å²) in [6, 6.07) is 8.64. The molecule has 1 aromatic carbocycles. The fourth-order valence-electron chi connectivity index (χ4n) is 7.38. The van der Waals surface area contributed by atoms with Crippen LogP contribution in [0.3, 0.4) is 0 Å². The molecule has 4 fully saturated rings. The van der Waals surface area contributed by atoms with Crippen molar-refractivity contribution in [1.82, 2.24) is 4.90 Å². The van der Waals surface area contributed by atoms with Gasteiger partial charge in [0.1, 0.15) is 5.41 Å². The van der Waals surface area contributed by atoms with Crippen LogP contribution >= 0.6 is 0 Å². The van der Waals surface area contributed by atoms with Gasteiger partial charge in [0.15, 0.2) is 0 Å². The SMILES string of the molecule is C=C[C@@]12CN(C)C3[C@@H]4CO[C@@H](CC41)[C@@]1(C(=O)Nc4ccccc41)[C@H]32. The highest BCUT2D eigenvalue weighted by Crippen LogP contribution is 2.73. The first-order chi connectivity index (χ1) is 11.6. The monoisotopic (exact) mass is 322 g/mol. The van der Waals surface area contributed by atoms with E-state index in [0.717, 1.165) is 30.8 Å². The highest BCUT2D eigenvalue weighted by Gasteiger charge is 2.79. The second-order valence-corrected chi connectivity index (χ2v) is 8.40. The van der Waals surface area contributed by atoms with Crippen LogP contribution in [-0.4, -0.2) is 43.2 Å². The van der Waals surface area contributed by atoms with E-state index in [-0.39, 0.29) is 23.3 Å². The molecule has 2 aliphatic carbocycles. The molecule has 4 heteroatoms. The lowest BCUT2D eigenvalue weighted by atomic mass is 9.51. The standard InChI is InChI=1S/C20H22N2O2/c1-3-19-10-22(2)16-11-9-24-15(8-13(11)19)20(17(16)19)12-6-4-5-7-14(12)21-18(20)23/h3-7,11,13,15-17H,1,8-10H2,2H3,(H,21,23)/t11-,13?,15+,16?,17-,19-,20-/m1/s1. The fourth-order valence-corrected chi connectivity index (χ4v) is 7.38. The Bertz CT molecular complexity index is 792. The van der Waals surface area contributed by atoms with Crippen LogP contribution in [-0.2, 0) is 14.9 Å². The van der Waals surface area contributed by atoms with Crippen molar-refractivity contribution in [2.45, 2.75) is 24.0 Å². The molecular formula is C20H22N2O2. The third-order valence-corrected chi connectivity index (χ3v) is 7.93. The minimum absolute atomic E-state index is 0.00280. The zero-order chi connectivity index (χ0) is 16.3. The third-order valence-electron chi connectivity index (χ3n) is 7.93. The molecule has 3 aliphatic heterocycles. The normalized spacial score (nSPS) is 50.4. The summed E-state index contributed by atoms with van der Waals surface area (Å²) in [6.07, 6.45) is 3.17. The van der Waals surface area contributed by atoms with Crippen molar-refractivity contribution in [3.8, 4) is 0 Å². The molecule has 1 amide bonds. The van der Waals surface area contributed by atoms with Gasteiger partial charge < -0.3 is 15.0 Å². The number of carbonyl (C=O) groups is 1. The maximum atomic E-state index is 13.4. The molecule has 1 aromatic rings. The smallest absolute Gasteiger partial charge is 0.238 e. The van der Waals surface area contributed by atoms with E-state index in [9.17, 15) is 4.79 Å². The van der Waals surface area contributed by atoms with Crippen molar-refractivity contribution >= 4 is 11.6 Å². The van der Waals surface area contributed by atoms with Crippen molar-refractivity contribution in [2.75, 3.05) is 25.5 Å². The average molecular weight is 322 g/mol. The Labute approximate surface area is 141 Å². The van der Waals surface area contributed by atoms with E-state index in [1.54, 1.807) is 0 Å². The van der Waals surface area contributed by atoms with Gasteiger partial charge >= 0.3 is 0 Å². The summed E-state index contributed by atoms with van der Waals surface area (Å²) < 4.78 is 6.34. The molecule has 5 aliphatic rings. The van der Waals surface area contributed by atoms with Gasteiger partial charge in [-0.25, -0.2) is 0 Å². The van der Waals surface area contributed by atoms with E-state index in [4.69, 9.17) is 4.74 Å². The lowest BCUT2D eigenvalue weighted by molar-refractivity contribution is -0.153. The molecule has 4 nitrogen and oxygen atoms in total. The summed E-state index contributed by atoms with van der Waals surface area (Å²) in [7, 11) is 2.21. The number of para-hydroxylation sites is 1. The van der Waals surface area contributed by atoms with Gasteiger partial charge in [-0.1, -0.05) is 24.3 Å². The van der Waals surface area contributed by atoms with Crippen LogP contribution in [0.5, 0.6) is 0 Å². The molecule has 1 spiro atoms. The lowest BCUT2D eigenvalue weighted by Crippen LogP contribution is -2.62. The van der Waals surface area contributed by atoms with Gasteiger partial charge in [0, 0.05) is 35.5 Å². The molecule has 2 saturated heterocycles. The topological polar surface area (TPSA) is 41.6 Å². The number of ether oxygens (including phenoxy) is 1. The van der Waals surface area contributed by atoms with Crippen molar-refractivity contribution in [2.24, 2.45) is 23.2 Å². The molecule has 24 heavy (non-hydrogen) atoms. The summed E-state index contributed by atoms with van der Waals surface area (Å²) in [5.41, 5.74) is 1.61. The molecule has 0 radical (unpaired) electrons. The van der Waals surface area contributed by atoms with Gasteiger partial charge in [-0.15, -0.1) is 6.58 Å². The van der Waals surface area contributed by atoms with E-state index >= 15 is 0 Å². The number of hydrogen-bond donors (Lipinski definition) is 1. The number of nitrogens with one attached hydrogen (secondary N) is 1. The lowest BCUT2D eigenvalue weighted by Gasteiger charge is -2.54. The van der Waals surface area contributed by atoms with Gasteiger partial charge in [0.25, 0.3) is 0 Å². The Hall–Kier alpha value is -1.65. The number of anilines is 1. The molecule has 2 unspecified atom stereocenters. The fraction of sp³-hybridized carbons (Fsp3) is 0.550. The van der Waals surface area contributed by atoms with E-state index in [1.807, 2.05) is 12.1 Å². The molecular weight excluding hydrogens is 300 g/mol. The summed E-state index contributed by atoms with van der Waals surface area (Å²) in [5.74, 6) is 1.56. The minimum Gasteiger partial charge on any atom is -0.376 e. The van der Waals surface area contributed by atoms with Crippen molar-refractivity contribution in [1.29, 1.82) is 0 Å². The summed E-state index contributed by atoms with van der Waals surface area (Å²) in [6.45, 7) is 6.06. The van der Waals surface area contributed by atoms with Crippen LogP contribution in [0.1, 0.15) is 12.0 Å². The highest BCUT2D eigenvalue weighted by atomic mass is 16.5. The number of amides is 1. The largest absolute Gasteiger partial charge is 0.376 e. The zero-order valence-corrected chi connectivity index (χ0v) is 13.9. The summed E-state index contributed by atoms with van der Waals surface area (Å²) in [4.78, 5) is 15.9. The molecule has 3 heterocycles. The van der Waals surface area contributed by atoms with Crippen molar-refractivity contribution in [3.05, 3.63) is 42.5 Å². The number of likely N-dealkylation sites (tertiary alicyclic amines) is 1. The van der Waals surface area contributed by atoms with Crippen LogP contribution in [0.4, 0.5) is 5.69 Å². The van der Waals surface area contributed by atoms with Crippen LogP contribution in [0.25, 0.3) is 0 Å². The first-order valence-electron chi connectivity index (χ1n) is 9.01. The van der Waals surface area contributed by atoms with Crippen LogP contribution in [0, 0.1) is 23.2 Å². The van der Waals surface area contributed by atoms with Gasteiger partial charge in [0.2, 0.25) is 5.91 Å². The Kier molecular flexibility index (Phi) is 2.24. The maximum Gasteiger partial charge on any atom is 0.238 e. The van der Waals surface area contributed by atoms with Crippen LogP contribution in [0.15, 0.2) is 36.9 Å². The first kappa shape index (κ1) is 13.6.